The first-order valence-electron chi connectivity index (χ1n) is 7.26. The number of hydrogen-bond donors (Lipinski definition) is 2. The number of nitrogens with zero attached hydrogens (tertiary/aromatic N) is 1. The van der Waals surface area contributed by atoms with Crippen molar-refractivity contribution in [2.45, 2.75) is 51.6 Å². The van der Waals surface area contributed by atoms with Gasteiger partial charge in [-0.25, -0.2) is 0 Å². The highest BCUT2D eigenvalue weighted by Crippen LogP contribution is 2.37. The van der Waals surface area contributed by atoms with Gasteiger partial charge >= 0.3 is 0 Å². The van der Waals surface area contributed by atoms with E-state index in [9.17, 15) is 5.11 Å². The molecule has 3 heteroatoms. The summed E-state index contributed by atoms with van der Waals surface area (Å²) in [5, 5.41) is 9.65. The number of likely N-dealkylation sites (tertiary alicyclic amines) is 1. The quantitative estimate of drug-likeness (QED) is 0.785. The topological polar surface area (TPSA) is 49.5 Å². The minimum atomic E-state index is -0.153. The fraction of sp³-hybridized carbons (Fsp3) is 1.00. The molecule has 1 saturated heterocycles. The zero-order chi connectivity index (χ0) is 12.3. The highest BCUT2D eigenvalue weighted by atomic mass is 16.3. The zero-order valence-corrected chi connectivity index (χ0v) is 11.2. The largest absolute Gasteiger partial charge is 0.393 e. The van der Waals surface area contributed by atoms with Crippen LogP contribution < -0.4 is 5.73 Å². The van der Waals surface area contributed by atoms with Crippen molar-refractivity contribution in [2.24, 2.45) is 17.1 Å². The third-order valence-electron chi connectivity index (χ3n) is 4.90. The van der Waals surface area contributed by atoms with Gasteiger partial charge in [-0.05, 0) is 50.6 Å². The summed E-state index contributed by atoms with van der Waals surface area (Å²) in [6.45, 7) is 6.14. The van der Waals surface area contributed by atoms with Gasteiger partial charge in [-0.15, -0.1) is 0 Å². The second-order valence-corrected chi connectivity index (χ2v) is 6.29. The Labute approximate surface area is 105 Å². The Morgan fingerprint density at radius 1 is 1.35 bits per heavy atom. The summed E-state index contributed by atoms with van der Waals surface area (Å²) in [5.74, 6) is 0.480. The Morgan fingerprint density at radius 2 is 2.06 bits per heavy atom. The highest BCUT2D eigenvalue weighted by molar-refractivity contribution is 4.89. The maximum Gasteiger partial charge on any atom is 0.0552 e. The fourth-order valence-electron chi connectivity index (χ4n) is 3.60. The van der Waals surface area contributed by atoms with Crippen LogP contribution in [0.25, 0.3) is 0 Å². The average molecular weight is 240 g/mol. The fourth-order valence-corrected chi connectivity index (χ4v) is 3.60. The average Bonchev–Trinajstić information content (AvgIpc) is 2.79. The molecular weight excluding hydrogens is 212 g/mol. The normalized spacial score (nSPS) is 31.6. The molecule has 3 N–H and O–H groups in total. The summed E-state index contributed by atoms with van der Waals surface area (Å²) in [4.78, 5) is 2.54. The van der Waals surface area contributed by atoms with Crippen molar-refractivity contribution in [3.8, 4) is 0 Å². The zero-order valence-electron chi connectivity index (χ0n) is 11.2. The van der Waals surface area contributed by atoms with Crippen molar-refractivity contribution in [3.05, 3.63) is 0 Å². The van der Waals surface area contributed by atoms with Crippen LogP contribution >= 0.6 is 0 Å². The lowest BCUT2D eigenvalue weighted by Gasteiger charge is -2.39. The molecule has 2 atom stereocenters. The van der Waals surface area contributed by atoms with E-state index in [0.717, 1.165) is 32.6 Å². The summed E-state index contributed by atoms with van der Waals surface area (Å²) >= 11 is 0. The molecule has 0 bridgehead atoms. The molecule has 17 heavy (non-hydrogen) atoms. The van der Waals surface area contributed by atoms with E-state index in [4.69, 9.17) is 5.73 Å². The van der Waals surface area contributed by atoms with E-state index in [1.807, 2.05) is 6.92 Å². The van der Waals surface area contributed by atoms with Crippen molar-refractivity contribution in [2.75, 3.05) is 26.2 Å². The molecule has 1 aliphatic carbocycles. The molecular formula is C14H28N2O. The van der Waals surface area contributed by atoms with E-state index in [1.165, 1.54) is 32.1 Å². The van der Waals surface area contributed by atoms with E-state index in [1.54, 1.807) is 0 Å². The Bertz CT molecular complexity index is 236. The molecule has 1 saturated carbocycles. The molecule has 0 aromatic rings. The molecule has 0 amide bonds. The monoisotopic (exact) mass is 240 g/mol. The molecule has 2 unspecified atom stereocenters. The Morgan fingerprint density at radius 3 is 2.59 bits per heavy atom. The predicted octanol–water partition coefficient (Wildman–Crippen LogP) is 1.60. The smallest absolute Gasteiger partial charge is 0.0552 e. The van der Waals surface area contributed by atoms with Gasteiger partial charge in [0.05, 0.1) is 6.10 Å². The van der Waals surface area contributed by atoms with Crippen LogP contribution in [-0.2, 0) is 0 Å². The van der Waals surface area contributed by atoms with Crippen molar-refractivity contribution < 1.29 is 5.11 Å². The van der Waals surface area contributed by atoms with Crippen LogP contribution in [0, 0.1) is 11.3 Å². The van der Waals surface area contributed by atoms with Crippen molar-refractivity contribution in [1.29, 1.82) is 0 Å². The van der Waals surface area contributed by atoms with Gasteiger partial charge in [0.1, 0.15) is 0 Å². The van der Waals surface area contributed by atoms with Gasteiger partial charge in [0.15, 0.2) is 0 Å². The highest BCUT2D eigenvalue weighted by Gasteiger charge is 2.35. The first-order valence-corrected chi connectivity index (χ1v) is 7.26. The minimum Gasteiger partial charge on any atom is -0.393 e. The van der Waals surface area contributed by atoms with Gasteiger partial charge in [0.25, 0.3) is 0 Å². The van der Waals surface area contributed by atoms with E-state index < -0.39 is 0 Å². The van der Waals surface area contributed by atoms with Gasteiger partial charge in [0, 0.05) is 13.1 Å². The number of nitrogens with two attached hydrogens (primary N) is 1. The van der Waals surface area contributed by atoms with Gasteiger partial charge in [-0.1, -0.05) is 19.3 Å². The maximum absolute atomic E-state index is 9.65. The molecule has 1 aliphatic heterocycles. The van der Waals surface area contributed by atoms with Crippen molar-refractivity contribution in [1.82, 2.24) is 4.90 Å². The SMILES string of the molecule is CC(O)C1CCN(CC2(CN)CCCCC2)C1. The molecule has 0 aromatic heterocycles. The molecule has 0 radical (unpaired) electrons. The van der Waals surface area contributed by atoms with E-state index in [0.29, 0.717) is 11.3 Å². The number of rotatable bonds is 4. The van der Waals surface area contributed by atoms with Crippen molar-refractivity contribution >= 4 is 0 Å². The molecule has 0 aromatic carbocycles. The lowest BCUT2D eigenvalue weighted by molar-refractivity contribution is 0.103. The molecule has 1 heterocycles. The van der Waals surface area contributed by atoms with E-state index in [2.05, 4.69) is 4.90 Å². The van der Waals surface area contributed by atoms with Gasteiger partial charge in [-0.2, -0.15) is 0 Å². The van der Waals surface area contributed by atoms with E-state index >= 15 is 0 Å². The molecule has 100 valence electrons. The minimum absolute atomic E-state index is 0.153. The summed E-state index contributed by atoms with van der Waals surface area (Å²) in [6.07, 6.45) is 7.70. The van der Waals surface area contributed by atoms with Crippen LogP contribution in [0.2, 0.25) is 0 Å². The van der Waals surface area contributed by atoms with E-state index in [-0.39, 0.29) is 6.10 Å². The standard InChI is InChI=1S/C14H28N2O/c1-12(17)13-5-8-16(9-13)11-14(10-15)6-3-2-4-7-14/h12-13,17H,2-11,15H2,1H3. The first-order chi connectivity index (χ1) is 8.15. The number of hydrogen-bond acceptors (Lipinski definition) is 3. The van der Waals surface area contributed by atoms with Gasteiger partial charge in [-0.3, -0.25) is 0 Å². The second-order valence-electron chi connectivity index (χ2n) is 6.29. The molecule has 2 fully saturated rings. The Kier molecular flexibility index (Phi) is 4.45. The van der Waals surface area contributed by atoms with Crippen LogP contribution in [0.4, 0.5) is 0 Å². The lowest BCUT2D eigenvalue weighted by atomic mass is 9.74. The van der Waals surface area contributed by atoms with Gasteiger partial charge < -0.3 is 15.7 Å². The number of aliphatic hydroxyl groups is 1. The molecule has 2 aliphatic rings. The van der Waals surface area contributed by atoms with Crippen LogP contribution in [0.3, 0.4) is 0 Å². The van der Waals surface area contributed by atoms with Crippen LogP contribution in [0.1, 0.15) is 45.4 Å². The van der Waals surface area contributed by atoms with Crippen LogP contribution in [0.5, 0.6) is 0 Å². The maximum atomic E-state index is 9.65. The predicted molar refractivity (Wildman–Crippen MR) is 70.8 cm³/mol. The Balaban J connectivity index is 1.87. The van der Waals surface area contributed by atoms with Crippen molar-refractivity contribution in [3.63, 3.8) is 0 Å². The third kappa shape index (κ3) is 3.21. The van der Waals surface area contributed by atoms with Crippen LogP contribution in [-0.4, -0.2) is 42.3 Å². The molecule has 3 nitrogen and oxygen atoms in total. The molecule has 2 rings (SSSR count). The second kappa shape index (κ2) is 5.68. The first kappa shape index (κ1) is 13.3. The third-order valence-corrected chi connectivity index (χ3v) is 4.90. The summed E-state index contributed by atoms with van der Waals surface area (Å²) in [7, 11) is 0. The summed E-state index contributed by atoms with van der Waals surface area (Å²) in [6, 6.07) is 0. The number of aliphatic hydroxyl groups excluding tert-OH is 1. The van der Waals surface area contributed by atoms with Gasteiger partial charge in [0.2, 0.25) is 0 Å². The summed E-state index contributed by atoms with van der Waals surface area (Å²) in [5.41, 5.74) is 6.42. The summed E-state index contributed by atoms with van der Waals surface area (Å²) < 4.78 is 0. The lowest BCUT2D eigenvalue weighted by Crippen LogP contribution is -2.43. The van der Waals surface area contributed by atoms with Crippen LogP contribution in [0.15, 0.2) is 0 Å². The molecule has 0 spiro atoms. The Hall–Kier alpha value is -0.120.